The van der Waals surface area contributed by atoms with Crippen LogP contribution >= 0.6 is 0 Å². The molecule has 0 saturated carbocycles. The number of hydrogen-bond donors (Lipinski definition) is 2. The van der Waals surface area contributed by atoms with Crippen LogP contribution in [-0.2, 0) is 13.0 Å². The van der Waals surface area contributed by atoms with Gasteiger partial charge in [-0.15, -0.1) is 10.2 Å². The maximum atomic E-state index is 14.6. The Morgan fingerprint density at radius 1 is 1.13 bits per heavy atom. The summed E-state index contributed by atoms with van der Waals surface area (Å²) in [6, 6.07) is 7.20. The van der Waals surface area contributed by atoms with Crippen molar-refractivity contribution in [3.8, 4) is 11.5 Å². The molecule has 0 aliphatic carbocycles. The third-order valence-corrected chi connectivity index (χ3v) is 5.43. The number of likely N-dealkylation sites (N-methyl/N-ethyl adjacent to an activating group) is 1. The van der Waals surface area contributed by atoms with Crippen molar-refractivity contribution >= 4 is 11.4 Å². The molecule has 0 bridgehead atoms. The molecular weight excluding hydrogens is 407 g/mol. The van der Waals surface area contributed by atoms with Gasteiger partial charge < -0.3 is 20.0 Å². The zero-order valence-corrected chi connectivity index (χ0v) is 17.4. The average Bonchev–Trinajstić information content (AvgIpc) is 3.40. The highest BCUT2D eigenvalue weighted by molar-refractivity contribution is 5.77. The lowest BCUT2D eigenvalue weighted by Gasteiger charge is -2.13. The maximum absolute atomic E-state index is 14.6. The summed E-state index contributed by atoms with van der Waals surface area (Å²) in [6.45, 7) is 4.22. The summed E-state index contributed by atoms with van der Waals surface area (Å²) in [5.74, 6) is -2.43. The Kier molecular flexibility index (Phi) is 6.24. The molecule has 1 fully saturated rings. The van der Waals surface area contributed by atoms with Crippen molar-refractivity contribution in [3.63, 3.8) is 0 Å². The number of nitrogens with zero attached hydrogens (tertiary/aromatic N) is 3. The van der Waals surface area contributed by atoms with Crippen molar-refractivity contribution in [1.29, 1.82) is 0 Å². The van der Waals surface area contributed by atoms with Crippen molar-refractivity contribution in [3.05, 3.63) is 59.2 Å². The fraction of sp³-hybridized carbons (Fsp3) is 0.364. The minimum absolute atomic E-state index is 0.0207. The number of halogens is 3. The SMILES string of the molecule is CCc1ccc(Nc2c(-c3nnc(CNC4CCN(C)C4)o3)ccc(F)c2F)c(F)c1. The molecule has 2 heterocycles. The van der Waals surface area contributed by atoms with E-state index in [0.29, 0.717) is 24.9 Å². The van der Waals surface area contributed by atoms with E-state index in [-0.39, 0.29) is 22.8 Å². The van der Waals surface area contributed by atoms with E-state index in [2.05, 4.69) is 32.8 Å². The number of benzene rings is 2. The van der Waals surface area contributed by atoms with Gasteiger partial charge in [0.1, 0.15) is 5.82 Å². The lowest BCUT2D eigenvalue weighted by molar-refractivity contribution is 0.388. The summed E-state index contributed by atoms with van der Waals surface area (Å²) in [5.41, 5.74) is 0.709. The lowest BCUT2D eigenvalue weighted by atomic mass is 10.1. The Morgan fingerprint density at radius 2 is 1.97 bits per heavy atom. The van der Waals surface area contributed by atoms with Crippen LogP contribution in [0, 0.1) is 17.5 Å². The summed E-state index contributed by atoms with van der Waals surface area (Å²) >= 11 is 0. The first-order valence-electron chi connectivity index (χ1n) is 10.2. The van der Waals surface area contributed by atoms with Crippen LogP contribution in [0.1, 0.15) is 24.8 Å². The van der Waals surface area contributed by atoms with Gasteiger partial charge in [-0.05, 0) is 56.3 Å². The van der Waals surface area contributed by atoms with Gasteiger partial charge in [-0.1, -0.05) is 13.0 Å². The number of aromatic nitrogens is 2. The summed E-state index contributed by atoms with van der Waals surface area (Å²) in [7, 11) is 2.06. The van der Waals surface area contributed by atoms with E-state index in [4.69, 9.17) is 4.42 Å². The van der Waals surface area contributed by atoms with Crippen molar-refractivity contribution in [1.82, 2.24) is 20.4 Å². The summed E-state index contributed by atoms with van der Waals surface area (Å²) in [4.78, 5) is 2.22. The molecule has 3 aromatic rings. The van der Waals surface area contributed by atoms with Crippen LogP contribution < -0.4 is 10.6 Å². The highest BCUT2D eigenvalue weighted by Crippen LogP contribution is 2.34. The van der Waals surface area contributed by atoms with Gasteiger partial charge in [0.15, 0.2) is 11.6 Å². The molecule has 1 aliphatic rings. The predicted octanol–water partition coefficient (Wildman–Crippen LogP) is 4.25. The number of rotatable bonds is 7. The van der Waals surface area contributed by atoms with E-state index >= 15 is 0 Å². The highest BCUT2D eigenvalue weighted by atomic mass is 19.2. The van der Waals surface area contributed by atoms with Crippen molar-refractivity contribution in [2.45, 2.75) is 32.4 Å². The minimum Gasteiger partial charge on any atom is -0.419 e. The number of anilines is 2. The molecule has 1 saturated heterocycles. The van der Waals surface area contributed by atoms with Gasteiger partial charge in [0, 0.05) is 12.6 Å². The van der Waals surface area contributed by atoms with Gasteiger partial charge in [-0.2, -0.15) is 0 Å². The first-order chi connectivity index (χ1) is 14.9. The average molecular weight is 431 g/mol. The second kappa shape index (κ2) is 9.07. The zero-order valence-electron chi connectivity index (χ0n) is 17.4. The first kappa shape index (κ1) is 21.3. The van der Waals surface area contributed by atoms with E-state index in [0.717, 1.165) is 31.1 Å². The molecule has 2 aromatic carbocycles. The van der Waals surface area contributed by atoms with Crippen LogP contribution in [0.25, 0.3) is 11.5 Å². The van der Waals surface area contributed by atoms with E-state index in [1.54, 1.807) is 6.07 Å². The molecule has 1 aliphatic heterocycles. The number of nitrogens with one attached hydrogen (secondary N) is 2. The van der Waals surface area contributed by atoms with Crippen molar-refractivity contribution < 1.29 is 17.6 Å². The van der Waals surface area contributed by atoms with E-state index in [9.17, 15) is 13.2 Å². The van der Waals surface area contributed by atoms with Crippen LogP contribution in [0.3, 0.4) is 0 Å². The Labute approximate surface area is 178 Å². The summed E-state index contributed by atoms with van der Waals surface area (Å²) in [5, 5.41) is 14.0. The van der Waals surface area contributed by atoms with Gasteiger partial charge >= 0.3 is 0 Å². The normalized spacial score (nSPS) is 16.7. The second-order valence-electron chi connectivity index (χ2n) is 7.71. The van der Waals surface area contributed by atoms with Crippen LogP contribution in [0.4, 0.5) is 24.5 Å². The highest BCUT2D eigenvalue weighted by Gasteiger charge is 2.22. The van der Waals surface area contributed by atoms with Crippen LogP contribution in [0.2, 0.25) is 0 Å². The molecular formula is C22H24F3N5O. The minimum atomic E-state index is -1.15. The van der Waals surface area contributed by atoms with Gasteiger partial charge in [0.2, 0.25) is 11.8 Å². The van der Waals surface area contributed by atoms with Crippen molar-refractivity contribution in [2.24, 2.45) is 0 Å². The molecule has 164 valence electrons. The molecule has 31 heavy (non-hydrogen) atoms. The zero-order chi connectivity index (χ0) is 22.0. The topological polar surface area (TPSA) is 66.2 Å². The fourth-order valence-electron chi connectivity index (χ4n) is 3.63. The Bertz CT molecular complexity index is 1070. The van der Waals surface area contributed by atoms with E-state index in [1.807, 2.05) is 6.92 Å². The molecule has 0 spiro atoms. The fourth-order valence-corrected chi connectivity index (χ4v) is 3.63. The lowest BCUT2D eigenvalue weighted by Crippen LogP contribution is -2.31. The van der Waals surface area contributed by atoms with Crippen LogP contribution in [0.5, 0.6) is 0 Å². The second-order valence-corrected chi connectivity index (χ2v) is 7.71. The Hall–Kier alpha value is -2.91. The van der Waals surface area contributed by atoms with E-state index < -0.39 is 17.5 Å². The van der Waals surface area contributed by atoms with Gasteiger partial charge in [0.05, 0.1) is 23.5 Å². The first-order valence-corrected chi connectivity index (χ1v) is 10.2. The predicted molar refractivity (Wildman–Crippen MR) is 111 cm³/mol. The third kappa shape index (κ3) is 4.72. The third-order valence-electron chi connectivity index (χ3n) is 5.43. The summed E-state index contributed by atoms with van der Waals surface area (Å²) in [6.07, 6.45) is 1.68. The molecule has 1 aromatic heterocycles. The molecule has 0 radical (unpaired) electrons. The largest absolute Gasteiger partial charge is 0.419 e. The monoisotopic (exact) mass is 431 g/mol. The number of likely N-dealkylation sites (tertiary alicyclic amines) is 1. The molecule has 1 unspecified atom stereocenters. The van der Waals surface area contributed by atoms with Gasteiger partial charge in [-0.25, -0.2) is 13.2 Å². The maximum Gasteiger partial charge on any atom is 0.250 e. The quantitative estimate of drug-likeness (QED) is 0.583. The van der Waals surface area contributed by atoms with Crippen molar-refractivity contribution in [2.75, 3.05) is 25.5 Å². The molecule has 4 rings (SSSR count). The number of hydrogen-bond acceptors (Lipinski definition) is 6. The Balaban J connectivity index is 1.58. The number of aryl methyl sites for hydroxylation is 1. The summed E-state index contributed by atoms with van der Waals surface area (Å²) < 4.78 is 48.7. The van der Waals surface area contributed by atoms with Crippen LogP contribution in [0.15, 0.2) is 34.7 Å². The van der Waals surface area contributed by atoms with Gasteiger partial charge in [0.25, 0.3) is 0 Å². The molecule has 1 atom stereocenters. The molecule has 0 amide bonds. The molecule has 6 nitrogen and oxygen atoms in total. The standard InChI is InChI=1S/C22H24F3N5O/c1-3-13-4-7-18(17(24)10-13)27-21-15(5-6-16(23)20(21)25)22-29-28-19(31-22)11-26-14-8-9-30(2)12-14/h4-7,10,14,26-27H,3,8-9,11-12H2,1-2H3. The molecule has 9 heteroatoms. The van der Waals surface area contributed by atoms with Gasteiger partial charge in [-0.3, -0.25) is 0 Å². The van der Waals surface area contributed by atoms with Crippen LogP contribution in [-0.4, -0.2) is 41.3 Å². The Morgan fingerprint density at radius 3 is 2.68 bits per heavy atom. The van der Waals surface area contributed by atoms with E-state index in [1.165, 1.54) is 18.2 Å². The molecule has 2 N–H and O–H groups in total. The smallest absolute Gasteiger partial charge is 0.250 e.